The molecule has 0 spiro atoms. The molecule has 1 unspecified atom stereocenters. The van der Waals surface area contributed by atoms with E-state index in [9.17, 15) is 68.1 Å². The molecule has 29 nitrogen and oxygen atoms in total. The second-order valence-electron chi connectivity index (χ2n) is 24.0. The summed E-state index contributed by atoms with van der Waals surface area (Å²) in [6, 6.07) is 5.59. The number of hydrogen-bond donors (Lipinski definition) is 10. The topological polar surface area (TPSA) is 409 Å². The number of aliphatic hydroxyl groups is 1. The Morgan fingerprint density at radius 3 is 2.23 bits per heavy atom. The molecule has 11 atom stereocenters. The number of benzene rings is 3. The number of fused-ring (bicyclic) bond motifs is 6. The van der Waals surface area contributed by atoms with Gasteiger partial charge in [-0.25, -0.2) is 9.59 Å². The average Bonchev–Trinajstić information content (AvgIpc) is 0.894. The summed E-state index contributed by atoms with van der Waals surface area (Å²) < 4.78 is 35.8. The molecule has 3 fully saturated rings. The van der Waals surface area contributed by atoms with E-state index in [1.807, 2.05) is 0 Å². The zero-order valence-electron chi connectivity index (χ0n) is 51.7. The van der Waals surface area contributed by atoms with E-state index in [1.165, 1.54) is 56.5 Å². The number of hydrogen-bond acceptors (Lipinski definition) is 21. The van der Waals surface area contributed by atoms with Crippen LogP contribution in [0.15, 0.2) is 54.6 Å². The van der Waals surface area contributed by atoms with Gasteiger partial charge in [0, 0.05) is 93.0 Å². The molecule has 3 saturated heterocycles. The summed E-state index contributed by atoms with van der Waals surface area (Å²) >= 11 is 0. The van der Waals surface area contributed by atoms with Crippen molar-refractivity contribution in [3.05, 3.63) is 93.6 Å². The van der Waals surface area contributed by atoms with E-state index < -0.39 is 155 Å². The molecule has 4 aliphatic heterocycles. The first-order chi connectivity index (χ1) is 43.8. The monoisotopic (exact) mass is 1280 g/mol. The Bertz CT molecular complexity index is 3430. The third kappa shape index (κ3) is 14.8. The Morgan fingerprint density at radius 2 is 1.54 bits per heavy atom. The SMILES string of the molecule is CO[C@H]1OCCN2[C@@H]1O[C@@H]1[C@H](C)OC(O[C@H]3C[C@](O)(C(C)=O)Cc4c(O)c5c(c(O)c43)C(=O)c3c(NC(=O)[C@H](C)NC(=O)OCc4ccc(NC(=O)[C@H](CCCNC(N)=O)NC(=O)[C@@H](NC(=O)CCCCCN6C(=O)C=CC6=O)C(C)C)cc4)cccc3C5=O)C[C@@H]12. The number of phenols is 2. The number of methoxy groups -OCH3 is 1. The molecule has 0 saturated carbocycles. The minimum Gasteiger partial charge on any atom is -0.507 e. The number of alkyl carbamates (subject to hydrolysis) is 1. The summed E-state index contributed by atoms with van der Waals surface area (Å²) in [5.41, 5.74) is 1.51. The van der Waals surface area contributed by atoms with Gasteiger partial charge in [-0.1, -0.05) is 44.5 Å². The van der Waals surface area contributed by atoms with Gasteiger partial charge in [-0.15, -0.1) is 0 Å². The zero-order valence-corrected chi connectivity index (χ0v) is 51.7. The number of nitrogens with one attached hydrogen (secondary N) is 6. The smallest absolute Gasteiger partial charge is 0.408 e. The number of aromatic hydroxyl groups is 2. The molecule has 2 aliphatic carbocycles. The number of unbranched alkanes of at least 4 members (excludes halogenated alkanes) is 2. The van der Waals surface area contributed by atoms with Gasteiger partial charge in [0.25, 0.3) is 11.8 Å². The largest absolute Gasteiger partial charge is 0.507 e. The molecule has 0 radical (unpaired) electrons. The summed E-state index contributed by atoms with van der Waals surface area (Å²) in [4.78, 5) is 148. The van der Waals surface area contributed by atoms with Crippen LogP contribution in [0.25, 0.3) is 0 Å². The van der Waals surface area contributed by atoms with Crippen LogP contribution in [0.5, 0.6) is 11.5 Å². The highest BCUT2D eigenvalue weighted by atomic mass is 16.7. The molecule has 11 N–H and O–H groups in total. The quantitative estimate of drug-likeness (QED) is 0.0259. The van der Waals surface area contributed by atoms with Crippen LogP contribution in [0.4, 0.5) is 21.0 Å². The van der Waals surface area contributed by atoms with Gasteiger partial charge < -0.3 is 81.4 Å². The molecule has 29 heteroatoms. The van der Waals surface area contributed by atoms with Gasteiger partial charge in [-0.3, -0.25) is 53.0 Å². The van der Waals surface area contributed by atoms with Gasteiger partial charge in [0.15, 0.2) is 36.2 Å². The fourth-order valence-corrected chi connectivity index (χ4v) is 12.4. The lowest BCUT2D eigenvalue weighted by Crippen LogP contribution is -2.55. The number of anilines is 2. The van der Waals surface area contributed by atoms with E-state index in [0.717, 1.165) is 11.8 Å². The van der Waals surface area contributed by atoms with Crippen LogP contribution in [0.2, 0.25) is 0 Å². The molecule has 0 bridgehead atoms. The zero-order chi connectivity index (χ0) is 66.5. The van der Waals surface area contributed by atoms with E-state index in [1.54, 1.807) is 32.9 Å². The van der Waals surface area contributed by atoms with E-state index in [0.29, 0.717) is 38.0 Å². The number of phenolic OH excluding ortho intramolecular Hbond substituents is 2. The highest BCUT2D eigenvalue weighted by Gasteiger charge is 2.55. The maximum atomic E-state index is 14.8. The number of rotatable bonds is 25. The van der Waals surface area contributed by atoms with Crippen molar-refractivity contribution >= 4 is 76.3 Å². The number of nitrogens with zero attached hydrogens (tertiary/aromatic N) is 2. The number of ketones is 3. The Hall–Kier alpha value is -8.71. The Labute approximate surface area is 528 Å². The summed E-state index contributed by atoms with van der Waals surface area (Å²) in [6.45, 7) is 8.62. The van der Waals surface area contributed by atoms with Crippen molar-refractivity contribution in [2.75, 3.05) is 44.0 Å². The van der Waals surface area contributed by atoms with Crippen LogP contribution in [0.1, 0.15) is 141 Å². The first-order valence-electron chi connectivity index (χ1n) is 30.5. The van der Waals surface area contributed by atoms with Gasteiger partial charge in [0.1, 0.15) is 47.9 Å². The van der Waals surface area contributed by atoms with Crippen molar-refractivity contribution in [2.45, 2.75) is 166 Å². The second-order valence-corrected chi connectivity index (χ2v) is 24.0. The maximum absolute atomic E-state index is 14.8. The molecule has 494 valence electrons. The number of amides is 9. The average molecular weight is 1280 g/mol. The molecule has 0 aromatic heterocycles. The summed E-state index contributed by atoms with van der Waals surface area (Å²) in [7, 11) is 1.51. The lowest BCUT2D eigenvalue weighted by Gasteiger charge is -2.43. The Balaban J connectivity index is 0.802. The van der Waals surface area contributed by atoms with Crippen LogP contribution < -0.4 is 37.6 Å². The van der Waals surface area contributed by atoms with E-state index in [2.05, 4.69) is 36.8 Å². The molecule has 6 aliphatic rings. The van der Waals surface area contributed by atoms with Gasteiger partial charge >= 0.3 is 12.1 Å². The molecule has 3 aromatic carbocycles. The number of carbonyl (C=O) groups excluding carboxylic acids is 11. The first kappa shape index (κ1) is 67.7. The van der Waals surface area contributed by atoms with Crippen LogP contribution >= 0.6 is 0 Å². The predicted octanol–water partition coefficient (Wildman–Crippen LogP) is 2.48. The van der Waals surface area contributed by atoms with Crippen LogP contribution in [-0.4, -0.2) is 184 Å². The van der Waals surface area contributed by atoms with E-state index >= 15 is 0 Å². The van der Waals surface area contributed by atoms with Gasteiger partial charge in [-0.2, -0.15) is 0 Å². The van der Waals surface area contributed by atoms with Gasteiger partial charge in [0.2, 0.25) is 23.6 Å². The number of primary amides is 1. The molecular formula is C63H77N9O20. The van der Waals surface area contributed by atoms with Gasteiger partial charge in [-0.05, 0) is 76.1 Å². The number of imide groups is 1. The van der Waals surface area contributed by atoms with Crippen molar-refractivity contribution in [3.63, 3.8) is 0 Å². The van der Waals surface area contributed by atoms with Crippen molar-refractivity contribution in [1.82, 2.24) is 31.1 Å². The molecule has 92 heavy (non-hydrogen) atoms. The van der Waals surface area contributed by atoms with Crippen molar-refractivity contribution < 1.29 is 96.5 Å². The number of Topliss-reactive ketones (excluding diaryl/α,β-unsaturated/α-hetero) is 1. The normalized spacial score (nSPS) is 24.0. The highest BCUT2D eigenvalue weighted by Crippen LogP contribution is 2.53. The number of morpholine rings is 1. The summed E-state index contributed by atoms with van der Waals surface area (Å²) in [6.07, 6.45) is -2.10. The lowest BCUT2D eigenvalue weighted by molar-refractivity contribution is -0.256. The second kappa shape index (κ2) is 28.8. The Kier molecular flexibility index (Phi) is 21.2. The number of carbonyl (C=O) groups is 11. The van der Waals surface area contributed by atoms with Crippen molar-refractivity contribution in [2.24, 2.45) is 11.7 Å². The minimum atomic E-state index is -2.14. The van der Waals surface area contributed by atoms with Gasteiger partial charge in [0.05, 0.1) is 41.2 Å². The molecule has 9 rings (SSSR count). The Morgan fingerprint density at radius 1 is 0.826 bits per heavy atom. The fraction of sp³-hybridized carbons (Fsp3) is 0.508. The minimum absolute atomic E-state index is 0.0562. The fourth-order valence-electron chi connectivity index (χ4n) is 12.4. The summed E-state index contributed by atoms with van der Waals surface area (Å²) in [5, 5.41) is 51.6. The number of ether oxygens (including phenoxy) is 6. The predicted molar refractivity (Wildman–Crippen MR) is 322 cm³/mol. The van der Waals surface area contributed by atoms with Crippen molar-refractivity contribution in [1.29, 1.82) is 0 Å². The van der Waals surface area contributed by atoms with Crippen LogP contribution in [-0.2, 0) is 75.0 Å². The standard InChI is InChI=1S/C63H77N9O20/c1-30(2)50(70-42(74)15-8-7-9-23-72-43(75)20-21-44(72)76)58(83)69-39(14-11-22-65-61(64)84)57(82)67-35-18-16-34(17-19-35)29-89-62(85)66-31(3)56(81)68-38-13-10-12-36-46(38)53(79)49-48(51(36)77)52(78)37-27-63(86,33(5)73)28-41(47(37)54(49)80)91-45-26-40-55(32(4)90-45)92-59-60(87-6)88-25-24-71(40)59/h10,12-13,16-21,30-32,39-41,45,50,55,59-60,78,80,86H,7-9,11,14-15,22-29H2,1-6H3,(H,66,85)(H,67,82)(H,68,81)(H,69,83)(H,70,74)(H3,64,65,84)/t31-,32-,39-,40-,41-,45?,50-,55+,59+,60-,63-/m0/s1. The molecular weight excluding hydrogens is 1200 g/mol. The molecule has 9 amide bonds. The molecule has 3 aromatic rings. The maximum Gasteiger partial charge on any atom is 0.408 e. The highest BCUT2D eigenvalue weighted by molar-refractivity contribution is 6.32. The van der Waals surface area contributed by atoms with Crippen LogP contribution in [0, 0.1) is 5.92 Å². The van der Waals surface area contributed by atoms with E-state index in [4.69, 9.17) is 34.2 Å². The first-order valence-corrected chi connectivity index (χ1v) is 30.5. The number of urea groups is 1. The molecule has 4 heterocycles. The third-order valence-electron chi connectivity index (χ3n) is 17.3. The van der Waals surface area contributed by atoms with Crippen molar-refractivity contribution in [3.8, 4) is 11.5 Å². The van der Waals surface area contributed by atoms with Crippen LogP contribution in [0.3, 0.4) is 0 Å². The van der Waals surface area contributed by atoms with E-state index in [-0.39, 0.29) is 96.9 Å². The number of nitrogens with two attached hydrogens (primary N) is 1. The lowest BCUT2D eigenvalue weighted by atomic mass is 9.72. The third-order valence-corrected chi connectivity index (χ3v) is 17.3. The summed E-state index contributed by atoms with van der Waals surface area (Å²) in [5.74, 6) is -7.76.